The summed E-state index contributed by atoms with van der Waals surface area (Å²) < 4.78 is 56.3. The minimum atomic E-state index is -4.03. The molecule has 4 atom stereocenters. The molecule has 2 aliphatic heterocycles. The van der Waals surface area contributed by atoms with Crippen LogP contribution in [0.5, 0.6) is 11.5 Å². The van der Waals surface area contributed by atoms with Crippen molar-refractivity contribution in [1.82, 2.24) is 9.80 Å². The fourth-order valence-electron chi connectivity index (χ4n) is 7.46. The van der Waals surface area contributed by atoms with Crippen LogP contribution in [0.25, 0.3) is 22.3 Å². The number of fused-ring (bicyclic) bond motifs is 6. The van der Waals surface area contributed by atoms with Crippen LogP contribution in [0.2, 0.25) is 0 Å². The normalized spacial score (nSPS) is 19.2. The van der Waals surface area contributed by atoms with E-state index in [1.807, 2.05) is 77.7 Å². The van der Waals surface area contributed by atoms with Crippen LogP contribution in [0.15, 0.2) is 143 Å². The van der Waals surface area contributed by atoms with Crippen LogP contribution in [0.1, 0.15) is 42.9 Å². The van der Waals surface area contributed by atoms with Gasteiger partial charge >= 0.3 is 14.7 Å². The SMILES string of the molecule is CC(=O)CCC(=O)N(CCN(C)C(c1ccco1)P1(=O)Oc2ccccc2-c2ccccc21)C(c1ccco1)P1(=O)Oc2ccccc2-c2ccccc21. The smallest absolute Gasteiger partial charge is 0.307 e. The molecule has 2 aliphatic rings. The van der Waals surface area contributed by atoms with Crippen LogP contribution < -0.4 is 19.7 Å². The Morgan fingerprint density at radius 3 is 1.54 bits per heavy atom. The molecular formula is C42H38N2O8P2. The minimum Gasteiger partial charge on any atom is -0.467 e. The first-order valence-electron chi connectivity index (χ1n) is 17.7. The van der Waals surface area contributed by atoms with Gasteiger partial charge in [0.2, 0.25) is 5.91 Å². The highest BCUT2D eigenvalue weighted by atomic mass is 31.2. The molecule has 54 heavy (non-hydrogen) atoms. The number of carbonyl (C=O) groups excluding carboxylic acids is 2. The summed E-state index contributed by atoms with van der Waals surface area (Å²) in [6.07, 6.45) is 2.87. The van der Waals surface area contributed by atoms with Crippen molar-refractivity contribution in [1.29, 1.82) is 0 Å². The number of ketones is 1. The van der Waals surface area contributed by atoms with E-state index in [1.165, 1.54) is 24.3 Å². The number of carbonyl (C=O) groups is 2. The Bertz CT molecular complexity index is 2430. The molecule has 12 heteroatoms. The molecule has 4 aromatic carbocycles. The van der Waals surface area contributed by atoms with Crippen LogP contribution in [-0.4, -0.2) is 41.6 Å². The second-order valence-electron chi connectivity index (χ2n) is 13.5. The average Bonchev–Trinajstić information content (AvgIpc) is 3.91. The van der Waals surface area contributed by atoms with Gasteiger partial charge in [0, 0.05) is 37.1 Å². The lowest BCUT2D eigenvalue weighted by atomic mass is 10.0. The molecule has 4 heterocycles. The van der Waals surface area contributed by atoms with E-state index in [4.69, 9.17) is 17.9 Å². The van der Waals surface area contributed by atoms with Gasteiger partial charge in [0.05, 0.1) is 23.1 Å². The van der Waals surface area contributed by atoms with Gasteiger partial charge in [-0.2, -0.15) is 0 Å². The van der Waals surface area contributed by atoms with E-state index in [-0.39, 0.29) is 37.5 Å². The zero-order valence-electron chi connectivity index (χ0n) is 29.7. The number of benzene rings is 4. The van der Waals surface area contributed by atoms with Crippen molar-refractivity contribution in [2.75, 3.05) is 20.1 Å². The molecule has 274 valence electrons. The molecule has 0 N–H and O–H groups in total. The first-order valence-corrected chi connectivity index (χ1v) is 21.1. The molecule has 10 nitrogen and oxygen atoms in total. The van der Waals surface area contributed by atoms with Crippen molar-refractivity contribution in [2.45, 2.75) is 31.3 Å². The number of amides is 1. The van der Waals surface area contributed by atoms with Gasteiger partial charge in [-0.05, 0) is 73.6 Å². The van der Waals surface area contributed by atoms with E-state index in [1.54, 1.807) is 55.6 Å². The summed E-state index contributed by atoms with van der Waals surface area (Å²) in [7, 11) is -6.04. The third-order valence-electron chi connectivity index (χ3n) is 9.96. The zero-order valence-corrected chi connectivity index (χ0v) is 31.5. The molecule has 0 saturated carbocycles. The summed E-state index contributed by atoms with van der Waals surface area (Å²) in [5, 5.41) is 1.00. The molecule has 0 saturated heterocycles. The lowest BCUT2D eigenvalue weighted by molar-refractivity contribution is -0.134. The predicted octanol–water partition coefficient (Wildman–Crippen LogP) is 9.03. The average molecular weight is 761 g/mol. The lowest BCUT2D eigenvalue weighted by Gasteiger charge is -2.40. The van der Waals surface area contributed by atoms with Crippen molar-refractivity contribution in [3.05, 3.63) is 145 Å². The predicted molar refractivity (Wildman–Crippen MR) is 207 cm³/mol. The van der Waals surface area contributed by atoms with Gasteiger partial charge in [0.25, 0.3) is 0 Å². The van der Waals surface area contributed by atoms with Crippen LogP contribution in [0, 0.1) is 0 Å². The minimum absolute atomic E-state index is 0.00508. The van der Waals surface area contributed by atoms with Crippen molar-refractivity contribution < 1.29 is 36.6 Å². The maximum atomic E-state index is 15.8. The number of likely N-dealkylation sites (N-methyl/N-ethyl adjacent to an activating group) is 1. The molecule has 8 rings (SSSR count). The summed E-state index contributed by atoms with van der Waals surface area (Å²) in [5.74, 6) is -1.07. The molecule has 2 aromatic heterocycles. The number of para-hydroxylation sites is 2. The van der Waals surface area contributed by atoms with Crippen LogP contribution in [0.3, 0.4) is 0 Å². The van der Waals surface area contributed by atoms with Gasteiger partial charge in [0.15, 0.2) is 11.6 Å². The summed E-state index contributed by atoms with van der Waals surface area (Å²) in [6, 6.07) is 36.5. The van der Waals surface area contributed by atoms with E-state index in [2.05, 4.69) is 0 Å². The number of Topliss-reactive ketones (excluding diaryl/α,β-unsaturated/α-hetero) is 1. The largest absolute Gasteiger partial charge is 0.467 e. The first kappa shape index (κ1) is 35.6. The molecule has 0 bridgehead atoms. The highest BCUT2D eigenvalue weighted by molar-refractivity contribution is 7.68. The van der Waals surface area contributed by atoms with Gasteiger partial charge < -0.3 is 27.6 Å². The second kappa shape index (κ2) is 14.4. The summed E-state index contributed by atoms with van der Waals surface area (Å²) >= 11 is 0. The molecule has 0 aliphatic carbocycles. The maximum Gasteiger partial charge on any atom is 0.307 e. The molecule has 1 amide bonds. The van der Waals surface area contributed by atoms with E-state index in [0.29, 0.717) is 27.9 Å². The van der Waals surface area contributed by atoms with Crippen molar-refractivity contribution in [2.24, 2.45) is 0 Å². The number of furan rings is 2. The van der Waals surface area contributed by atoms with Gasteiger partial charge in [-0.1, -0.05) is 72.8 Å². The zero-order chi connectivity index (χ0) is 37.5. The molecule has 4 unspecified atom stereocenters. The number of nitrogens with zero attached hydrogens (tertiary/aromatic N) is 2. The third kappa shape index (κ3) is 6.24. The Morgan fingerprint density at radius 1 is 0.574 bits per heavy atom. The number of hydrogen-bond acceptors (Lipinski definition) is 9. The highest BCUT2D eigenvalue weighted by Crippen LogP contribution is 2.66. The van der Waals surface area contributed by atoms with Crippen molar-refractivity contribution >= 4 is 37.0 Å². The third-order valence-corrected chi connectivity index (χ3v) is 15.5. The number of rotatable bonds is 12. The lowest BCUT2D eigenvalue weighted by Crippen LogP contribution is -2.43. The first-order chi connectivity index (χ1) is 26.2. The fraction of sp³-hybridized carbons (Fsp3) is 0.190. The number of hydrogen-bond donors (Lipinski definition) is 0. The monoisotopic (exact) mass is 760 g/mol. The highest BCUT2D eigenvalue weighted by Gasteiger charge is 2.51. The second-order valence-corrected chi connectivity index (χ2v) is 18.1. The van der Waals surface area contributed by atoms with Crippen molar-refractivity contribution in [3.63, 3.8) is 0 Å². The Balaban J connectivity index is 1.21. The van der Waals surface area contributed by atoms with Gasteiger partial charge in [0.1, 0.15) is 28.8 Å². The summed E-state index contributed by atoms with van der Waals surface area (Å²) in [5.41, 5.74) is 3.16. The molecule has 6 aromatic rings. The molecule has 0 spiro atoms. The van der Waals surface area contributed by atoms with E-state index >= 15 is 9.13 Å². The van der Waals surface area contributed by atoms with Crippen molar-refractivity contribution in [3.8, 4) is 33.8 Å². The van der Waals surface area contributed by atoms with Crippen LogP contribution in [-0.2, 0) is 18.7 Å². The Labute approximate surface area is 313 Å². The summed E-state index contributed by atoms with van der Waals surface area (Å²) in [6.45, 7) is 1.55. The standard InChI is InChI=1S/C42H38N2O8P2/c1-29(45)23-24-40(46)44(42(37-20-12-28-50-37)54(48)39-22-10-6-16-33(39)31-14-4-8-18-35(31)52-54)26-25-43(2)41(36-19-11-27-49-36)53(47)38-21-9-5-15-32(38)30-13-3-7-17-34(30)51-53/h3-22,27-28,41-42H,23-26H2,1-2H3. The van der Waals surface area contributed by atoms with Crippen LogP contribution in [0.4, 0.5) is 0 Å². The summed E-state index contributed by atoms with van der Waals surface area (Å²) in [4.78, 5) is 30.0. The van der Waals surface area contributed by atoms with Gasteiger partial charge in [-0.25, -0.2) is 0 Å². The Kier molecular flexibility index (Phi) is 9.53. The van der Waals surface area contributed by atoms with Crippen LogP contribution >= 0.6 is 14.7 Å². The topological polar surface area (TPSA) is 120 Å². The Hall–Kier alpha value is -5.40. The van der Waals surface area contributed by atoms with Gasteiger partial charge in [-0.3, -0.25) is 18.8 Å². The molecule has 0 fully saturated rings. The Morgan fingerprint density at radius 2 is 1.04 bits per heavy atom. The van der Waals surface area contributed by atoms with E-state index in [0.717, 1.165) is 22.3 Å². The quantitative estimate of drug-likeness (QED) is 0.113. The van der Waals surface area contributed by atoms with Gasteiger partial charge in [-0.15, -0.1) is 0 Å². The fourth-order valence-corrected chi connectivity index (χ4v) is 13.1. The molecule has 0 radical (unpaired) electrons. The maximum absolute atomic E-state index is 15.8. The molecular weight excluding hydrogens is 722 g/mol. The van der Waals surface area contributed by atoms with E-state index in [9.17, 15) is 9.59 Å². The van der Waals surface area contributed by atoms with E-state index < -0.39 is 32.2 Å².